The molecule has 1 aromatic heterocycles. The zero-order valence-electron chi connectivity index (χ0n) is 8.59. The number of carbonyl (C=O) groups is 1. The second-order valence-corrected chi connectivity index (χ2v) is 18.6. The van der Waals surface area contributed by atoms with E-state index in [9.17, 15) is 4.79 Å². The molecule has 1 heterocycles. The summed E-state index contributed by atoms with van der Waals surface area (Å²) in [6.07, 6.45) is 0. The molecule has 2 N–H and O–H groups in total. The molecule has 0 aliphatic carbocycles. The van der Waals surface area contributed by atoms with Gasteiger partial charge in [0.2, 0.25) is 0 Å². The van der Waals surface area contributed by atoms with Crippen molar-refractivity contribution in [1.29, 1.82) is 0 Å². The average Bonchev–Trinajstić information content (AvgIpc) is 2.28. The third kappa shape index (κ3) is 2.07. The van der Waals surface area contributed by atoms with Crippen LogP contribution in [0.25, 0.3) is 0 Å². The fourth-order valence-electron chi connectivity index (χ4n) is 1.51. The Labute approximate surface area is 82.8 Å². The summed E-state index contributed by atoms with van der Waals surface area (Å²) in [5.74, 6) is -0.343. The van der Waals surface area contributed by atoms with Crippen LogP contribution in [0.2, 0.25) is 14.8 Å². The van der Waals surface area contributed by atoms with Crippen LogP contribution in [0.4, 0.5) is 0 Å². The number of hydrogen-bond acceptors (Lipinski definition) is 1. The summed E-state index contributed by atoms with van der Waals surface area (Å²) in [5, 5.41) is 0. The first kappa shape index (κ1) is 10.6. The van der Waals surface area contributed by atoms with Gasteiger partial charge in [0.25, 0.3) is 0 Å². The van der Waals surface area contributed by atoms with E-state index in [-0.39, 0.29) is 5.91 Å². The van der Waals surface area contributed by atoms with Crippen LogP contribution in [0.3, 0.4) is 0 Å². The van der Waals surface area contributed by atoms with Crippen molar-refractivity contribution in [1.82, 2.24) is 4.57 Å². The number of rotatable bonds is 2. The fraction of sp³-hybridized carbons (Fsp3) is 0.444. The molecule has 1 amide bonds. The van der Waals surface area contributed by atoms with Gasteiger partial charge in [0.1, 0.15) is 0 Å². The molecule has 0 aliphatic heterocycles. The molecule has 0 aliphatic rings. The Morgan fingerprint density at radius 3 is 2.15 bits per heavy atom. The minimum absolute atomic E-state index is 0.343. The molecular weight excluding hydrogens is 271 g/mol. The van der Waals surface area contributed by atoms with E-state index < -0.39 is 18.4 Å². The maximum atomic E-state index is 11.0. The molecular formula is C9H16N2OSn. The summed E-state index contributed by atoms with van der Waals surface area (Å²) in [7, 11) is 1.91. The van der Waals surface area contributed by atoms with Crippen LogP contribution >= 0.6 is 0 Å². The summed E-state index contributed by atoms with van der Waals surface area (Å²) in [4.78, 5) is 17.9. The van der Waals surface area contributed by atoms with Crippen LogP contribution in [0.15, 0.2) is 12.1 Å². The zero-order chi connectivity index (χ0) is 10.2. The van der Waals surface area contributed by atoms with Gasteiger partial charge in [-0.3, -0.25) is 0 Å². The first-order chi connectivity index (χ1) is 5.84. The number of hydrogen-bond donors (Lipinski definition) is 1. The summed E-state index contributed by atoms with van der Waals surface area (Å²) in [5.41, 5.74) is 5.85. The quantitative estimate of drug-likeness (QED) is 0.798. The van der Waals surface area contributed by atoms with Gasteiger partial charge >= 0.3 is 82.8 Å². The van der Waals surface area contributed by atoms with E-state index in [0.29, 0.717) is 5.69 Å². The SMILES string of the molecule is Cn1c(C(N)=O)cc[c]1[Sn]([CH3])([CH3])[CH3]. The van der Waals surface area contributed by atoms with Crippen LogP contribution in [-0.4, -0.2) is 28.9 Å². The van der Waals surface area contributed by atoms with E-state index in [1.807, 2.05) is 23.7 Å². The minimum atomic E-state index is -2.06. The van der Waals surface area contributed by atoms with Gasteiger partial charge in [0.15, 0.2) is 0 Å². The van der Waals surface area contributed by atoms with E-state index in [0.717, 1.165) is 0 Å². The number of amides is 1. The van der Waals surface area contributed by atoms with Gasteiger partial charge in [0, 0.05) is 0 Å². The van der Waals surface area contributed by atoms with E-state index in [4.69, 9.17) is 5.73 Å². The Morgan fingerprint density at radius 2 is 1.92 bits per heavy atom. The van der Waals surface area contributed by atoms with Crippen molar-refractivity contribution >= 4 is 28.0 Å². The molecule has 72 valence electrons. The normalized spacial score (nSPS) is 11.7. The fourth-order valence-corrected chi connectivity index (χ4v) is 6.39. The molecule has 0 atom stereocenters. The van der Waals surface area contributed by atoms with Crippen LogP contribution in [0.1, 0.15) is 10.5 Å². The molecule has 1 aromatic rings. The summed E-state index contributed by atoms with van der Waals surface area (Å²) in [6, 6.07) is 3.86. The third-order valence-corrected chi connectivity index (χ3v) is 7.96. The van der Waals surface area contributed by atoms with E-state index in [2.05, 4.69) is 14.8 Å². The second kappa shape index (κ2) is 3.36. The number of nitrogens with zero attached hydrogens (tertiary/aromatic N) is 1. The molecule has 0 aromatic carbocycles. The average molecular weight is 287 g/mol. The van der Waals surface area contributed by atoms with Crippen molar-refractivity contribution in [3.63, 3.8) is 0 Å². The standard InChI is InChI=1S/C6H7N2O.3CH3.Sn/c1-8-4-2-3-5(8)6(7)9;;;;/h2-3H,1H3,(H2,7,9);3*1H3;. The van der Waals surface area contributed by atoms with Crippen LogP contribution in [0.5, 0.6) is 0 Å². The molecule has 3 nitrogen and oxygen atoms in total. The molecule has 0 radical (unpaired) electrons. The van der Waals surface area contributed by atoms with Crippen molar-refractivity contribution in [2.24, 2.45) is 12.8 Å². The molecule has 0 saturated carbocycles. The third-order valence-electron chi connectivity index (χ3n) is 2.14. The van der Waals surface area contributed by atoms with Gasteiger partial charge in [-0.15, -0.1) is 0 Å². The molecule has 4 heteroatoms. The maximum absolute atomic E-state index is 11.0. The Morgan fingerprint density at radius 1 is 1.38 bits per heavy atom. The second-order valence-electron chi connectivity index (χ2n) is 4.28. The monoisotopic (exact) mass is 288 g/mol. The van der Waals surface area contributed by atoms with Crippen LogP contribution < -0.4 is 9.44 Å². The molecule has 0 bridgehead atoms. The number of nitrogens with two attached hydrogens (primary N) is 1. The van der Waals surface area contributed by atoms with E-state index in [1.54, 1.807) is 0 Å². The first-order valence-electron chi connectivity index (χ1n) is 4.30. The Hall–Kier alpha value is -0.451. The molecule has 0 spiro atoms. The van der Waals surface area contributed by atoms with Crippen LogP contribution in [0, 0.1) is 0 Å². The van der Waals surface area contributed by atoms with Crippen LogP contribution in [-0.2, 0) is 7.05 Å². The van der Waals surface area contributed by atoms with E-state index >= 15 is 0 Å². The van der Waals surface area contributed by atoms with Gasteiger partial charge < -0.3 is 0 Å². The first-order valence-corrected chi connectivity index (χ1v) is 14.3. The Bertz CT molecular complexity index is 336. The summed E-state index contributed by atoms with van der Waals surface area (Å²) < 4.78 is 3.27. The topological polar surface area (TPSA) is 48.0 Å². The van der Waals surface area contributed by atoms with Gasteiger partial charge in [-0.25, -0.2) is 0 Å². The molecule has 0 saturated heterocycles. The van der Waals surface area contributed by atoms with Crippen molar-refractivity contribution in [2.45, 2.75) is 14.8 Å². The van der Waals surface area contributed by atoms with Gasteiger partial charge in [-0.05, 0) is 0 Å². The Kier molecular flexibility index (Phi) is 2.75. The van der Waals surface area contributed by atoms with Crippen molar-refractivity contribution < 1.29 is 4.79 Å². The van der Waals surface area contributed by atoms with E-state index in [1.165, 1.54) is 3.71 Å². The summed E-state index contributed by atoms with van der Waals surface area (Å²) in [6.45, 7) is 0. The van der Waals surface area contributed by atoms with Gasteiger partial charge in [-0.2, -0.15) is 0 Å². The Balaban J connectivity index is 3.22. The molecule has 1 rings (SSSR count). The predicted octanol–water partition coefficient (Wildman–Crippen LogP) is 0.669. The molecule has 0 unspecified atom stereocenters. The molecule has 13 heavy (non-hydrogen) atoms. The van der Waals surface area contributed by atoms with Crippen molar-refractivity contribution in [2.75, 3.05) is 0 Å². The van der Waals surface area contributed by atoms with Gasteiger partial charge in [0.05, 0.1) is 0 Å². The van der Waals surface area contributed by atoms with Gasteiger partial charge in [-0.1, -0.05) is 0 Å². The molecule has 0 fully saturated rings. The predicted molar refractivity (Wildman–Crippen MR) is 56.9 cm³/mol. The van der Waals surface area contributed by atoms with Crippen molar-refractivity contribution in [3.8, 4) is 0 Å². The summed E-state index contributed by atoms with van der Waals surface area (Å²) >= 11 is -2.06. The number of aromatic nitrogens is 1. The zero-order valence-corrected chi connectivity index (χ0v) is 11.4. The number of carbonyl (C=O) groups excluding carboxylic acids is 1. The van der Waals surface area contributed by atoms with Crippen molar-refractivity contribution in [3.05, 3.63) is 17.8 Å². The number of primary amides is 1.